The van der Waals surface area contributed by atoms with Crippen LogP contribution in [-0.4, -0.2) is 49.4 Å². The van der Waals surface area contributed by atoms with Crippen LogP contribution in [0.4, 0.5) is 0 Å². The highest BCUT2D eigenvalue weighted by Crippen LogP contribution is 2.22. The minimum Gasteiger partial charge on any atom is -0.480 e. The number of ether oxygens (including phenoxy) is 1. The van der Waals surface area contributed by atoms with Gasteiger partial charge in [0.1, 0.15) is 6.54 Å². The van der Waals surface area contributed by atoms with Gasteiger partial charge in [-0.05, 0) is 37.1 Å². The topological polar surface area (TPSA) is 113 Å². The summed E-state index contributed by atoms with van der Waals surface area (Å²) >= 11 is 0. The lowest BCUT2D eigenvalue weighted by Gasteiger charge is -2.25. The first-order chi connectivity index (χ1) is 11.2. The lowest BCUT2D eigenvalue weighted by Crippen LogP contribution is -2.45. The van der Waals surface area contributed by atoms with Crippen LogP contribution >= 0.6 is 0 Å². The number of nitrogens with zero attached hydrogens (tertiary/aromatic N) is 1. The monoisotopic (exact) mass is 356 g/mol. The lowest BCUT2D eigenvalue weighted by molar-refractivity contribution is -0.145. The molecule has 0 atom stereocenters. The number of amides is 1. The van der Waals surface area contributed by atoms with Crippen molar-refractivity contribution in [3.05, 3.63) is 29.3 Å². The SMILES string of the molecule is CC(C)N(CC(=O)O)C(=O)CNS(=O)(=O)c1ccc2c(c1)COC2. The van der Waals surface area contributed by atoms with Crippen LogP contribution in [0.3, 0.4) is 0 Å². The minimum atomic E-state index is -3.87. The van der Waals surface area contributed by atoms with Gasteiger partial charge in [0.2, 0.25) is 15.9 Å². The van der Waals surface area contributed by atoms with Crippen molar-refractivity contribution >= 4 is 21.9 Å². The van der Waals surface area contributed by atoms with Gasteiger partial charge < -0.3 is 14.7 Å². The first-order valence-electron chi connectivity index (χ1n) is 7.41. The Morgan fingerprint density at radius 3 is 2.58 bits per heavy atom. The molecule has 9 heteroatoms. The Bertz CT molecular complexity index is 744. The van der Waals surface area contributed by atoms with Crippen molar-refractivity contribution in [2.75, 3.05) is 13.1 Å². The molecule has 1 aromatic carbocycles. The lowest BCUT2D eigenvalue weighted by atomic mass is 10.1. The minimum absolute atomic E-state index is 0.0499. The number of rotatable bonds is 7. The molecule has 0 fully saturated rings. The Balaban J connectivity index is 2.06. The van der Waals surface area contributed by atoms with Crippen LogP contribution in [0.2, 0.25) is 0 Å². The van der Waals surface area contributed by atoms with Gasteiger partial charge in [-0.1, -0.05) is 6.07 Å². The van der Waals surface area contributed by atoms with Gasteiger partial charge in [0.25, 0.3) is 0 Å². The third-order valence-corrected chi connectivity index (χ3v) is 5.06. The molecule has 0 bridgehead atoms. The number of aliphatic carboxylic acids is 1. The second kappa shape index (κ2) is 7.29. The van der Waals surface area contributed by atoms with Gasteiger partial charge in [0.15, 0.2) is 0 Å². The summed E-state index contributed by atoms with van der Waals surface area (Å²) in [6.07, 6.45) is 0. The molecule has 0 spiro atoms. The smallest absolute Gasteiger partial charge is 0.323 e. The zero-order valence-electron chi connectivity index (χ0n) is 13.5. The number of carbonyl (C=O) groups is 2. The molecule has 132 valence electrons. The number of nitrogens with one attached hydrogen (secondary N) is 1. The van der Waals surface area contributed by atoms with E-state index in [0.717, 1.165) is 16.0 Å². The van der Waals surface area contributed by atoms with Crippen LogP contribution < -0.4 is 4.72 Å². The van der Waals surface area contributed by atoms with Crippen LogP contribution in [0.15, 0.2) is 23.1 Å². The van der Waals surface area contributed by atoms with E-state index in [1.165, 1.54) is 12.1 Å². The molecule has 1 aliphatic heterocycles. The van der Waals surface area contributed by atoms with Crippen molar-refractivity contribution in [1.82, 2.24) is 9.62 Å². The Morgan fingerprint density at radius 2 is 1.96 bits per heavy atom. The molecule has 1 heterocycles. The van der Waals surface area contributed by atoms with Crippen molar-refractivity contribution < 1.29 is 27.9 Å². The fraction of sp³-hybridized carbons (Fsp3) is 0.467. The first-order valence-corrected chi connectivity index (χ1v) is 8.89. The van der Waals surface area contributed by atoms with E-state index in [4.69, 9.17) is 9.84 Å². The molecule has 2 rings (SSSR count). The predicted octanol–water partition coefficient (Wildman–Crippen LogP) is 0.317. The summed E-state index contributed by atoms with van der Waals surface area (Å²) in [5.41, 5.74) is 1.75. The molecule has 1 aliphatic rings. The maximum atomic E-state index is 12.3. The number of sulfonamides is 1. The van der Waals surface area contributed by atoms with E-state index in [1.54, 1.807) is 19.9 Å². The number of carboxylic acid groups (broad SMARTS) is 1. The molecule has 0 saturated heterocycles. The maximum absolute atomic E-state index is 12.3. The van der Waals surface area contributed by atoms with Crippen molar-refractivity contribution in [3.63, 3.8) is 0 Å². The van der Waals surface area contributed by atoms with Gasteiger partial charge in [0.05, 0.1) is 24.7 Å². The molecule has 0 unspecified atom stereocenters. The Hall–Kier alpha value is -1.97. The van der Waals surface area contributed by atoms with E-state index in [9.17, 15) is 18.0 Å². The second-order valence-corrected chi connectivity index (χ2v) is 7.52. The number of hydrogen-bond acceptors (Lipinski definition) is 5. The normalized spacial score (nSPS) is 13.8. The van der Waals surface area contributed by atoms with Gasteiger partial charge in [-0.2, -0.15) is 0 Å². The highest BCUT2D eigenvalue weighted by Gasteiger charge is 2.23. The zero-order valence-corrected chi connectivity index (χ0v) is 14.3. The van der Waals surface area contributed by atoms with Gasteiger partial charge in [0, 0.05) is 6.04 Å². The zero-order chi connectivity index (χ0) is 17.9. The molecule has 1 aromatic rings. The van der Waals surface area contributed by atoms with Gasteiger partial charge in [-0.3, -0.25) is 9.59 Å². The molecule has 24 heavy (non-hydrogen) atoms. The third kappa shape index (κ3) is 4.31. The van der Waals surface area contributed by atoms with E-state index >= 15 is 0 Å². The highest BCUT2D eigenvalue weighted by atomic mass is 32.2. The molecule has 8 nitrogen and oxygen atoms in total. The molecular formula is C15H20N2O6S. The average molecular weight is 356 g/mol. The molecule has 0 aliphatic carbocycles. The van der Waals surface area contributed by atoms with Gasteiger partial charge >= 0.3 is 5.97 Å². The van der Waals surface area contributed by atoms with Crippen molar-refractivity contribution in [2.45, 2.75) is 38.0 Å². The van der Waals surface area contributed by atoms with Crippen molar-refractivity contribution in [1.29, 1.82) is 0 Å². The fourth-order valence-electron chi connectivity index (χ4n) is 2.36. The molecule has 1 amide bonds. The van der Waals surface area contributed by atoms with E-state index < -0.39 is 35.0 Å². The van der Waals surface area contributed by atoms with Crippen LogP contribution in [0.25, 0.3) is 0 Å². The number of carboxylic acids is 1. The summed E-state index contributed by atoms with van der Waals surface area (Å²) in [6.45, 7) is 3.17. The van der Waals surface area contributed by atoms with Crippen LogP contribution in [-0.2, 0) is 37.6 Å². The number of hydrogen-bond donors (Lipinski definition) is 2. The van der Waals surface area contributed by atoms with Gasteiger partial charge in [-0.25, -0.2) is 13.1 Å². The summed E-state index contributed by atoms with van der Waals surface area (Å²) in [5.74, 6) is -1.75. The summed E-state index contributed by atoms with van der Waals surface area (Å²) in [6, 6.07) is 4.31. The molecule has 0 radical (unpaired) electrons. The molecular weight excluding hydrogens is 336 g/mol. The van der Waals surface area contributed by atoms with Crippen LogP contribution in [0.1, 0.15) is 25.0 Å². The summed E-state index contributed by atoms with van der Waals surface area (Å²) < 4.78 is 32.1. The Labute approximate surface area is 140 Å². The standard InChI is InChI=1S/C15H20N2O6S/c1-10(2)17(7-15(19)20)14(18)6-16-24(21,22)13-4-3-11-8-23-9-12(11)5-13/h3-5,10,16H,6-9H2,1-2H3,(H,19,20). The van der Waals surface area contributed by atoms with Crippen LogP contribution in [0.5, 0.6) is 0 Å². The molecule has 2 N–H and O–H groups in total. The molecule has 0 aromatic heterocycles. The number of benzene rings is 1. The summed E-state index contributed by atoms with van der Waals surface area (Å²) in [4.78, 5) is 24.1. The number of carbonyl (C=O) groups excluding carboxylic acids is 1. The fourth-order valence-corrected chi connectivity index (χ4v) is 3.39. The van der Waals surface area contributed by atoms with E-state index in [-0.39, 0.29) is 10.9 Å². The summed E-state index contributed by atoms with van der Waals surface area (Å²) in [5, 5.41) is 8.83. The van der Waals surface area contributed by atoms with E-state index in [0.29, 0.717) is 13.2 Å². The largest absolute Gasteiger partial charge is 0.480 e. The quantitative estimate of drug-likeness (QED) is 0.727. The predicted molar refractivity (Wildman–Crippen MR) is 84.6 cm³/mol. The van der Waals surface area contributed by atoms with Crippen LogP contribution in [0, 0.1) is 0 Å². The van der Waals surface area contributed by atoms with E-state index in [1.807, 2.05) is 0 Å². The number of fused-ring (bicyclic) bond motifs is 1. The van der Waals surface area contributed by atoms with Crippen molar-refractivity contribution in [2.24, 2.45) is 0 Å². The van der Waals surface area contributed by atoms with Crippen molar-refractivity contribution in [3.8, 4) is 0 Å². The summed E-state index contributed by atoms with van der Waals surface area (Å²) in [7, 11) is -3.87. The third-order valence-electron chi connectivity index (χ3n) is 3.67. The molecule has 0 saturated carbocycles. The second-order valence-electron chi connectivity index (χ2n) is 5.76. The first kappa shape index (κ1) is 18.4. The Morgan fingerprint density at radius 1 is 1.29 bits per heavy atom. The van der Waals surface area contributed by atoms with Gasteiger partial charge in [-0.15, -0.1) is 0 Å². The highest BCUT2D eigenvalue weighted by molar-refractivity contribution is 7.89. The average Bonchev–Trinajstić information content (AvgIpc) is 2.97. The Kier molecular flexibility index (Phi) is 5.58. The maximum Gasteiger partial charge on any atom is 0.323 e. The van der Waals surface area contributed by atoms with E-state index in [2.05, 4.69) is 4.72 Å².